The molecule has 16 rings (SSSR count). The van der Waals surface area contributed by atoms with Gasteiger partial charge in [0.1, 0.15) is 0 Å². The summed E-state index contributed by atoms with van der Waals surface area (Å²) in [6, 6.07) is 30.8. The van der Waals surface area contributed by atoms with Crippen LogP contribution in [-0.4, -0.2) is 95.0 Å². The number of carbonyl (C=O) groups excluding carboxylic acids is 8. The Kier molecular flexibility index (Phi) is 8.11. The SMILES string of the molecule is [C-]#[N+]c1cc2c3c(ccc4c5c(-c6ccc(-c7ccc(-c8cc9c%10c(ccc%11c%12c(C#N)cc%13c%14c(ccc(c8c%10%11)c%14%12)C(=O)N(C)C%13=O)C(=O)N(C)C9=O)s7)s6)cc6c7c(ccc(c1c34)c75)C(=O)N(C)C6=O)C(=O)N(C)C2=O. The first-order valence-electron chi connectivity index (χ1n) is 24.5. The van der Waals surface area contributed by atoms with Crippen LogP contribution < -0.4 is 0 Å². The molecule has 0 unspecified atom stereocenters. The van der Waals surface area contributed by atoms with Gasteiger partial charge in [0, 0.05) is 136 Å². The van der Waals surface area contributed by atoms with Gasteiger partial charge in [0.15, 0.2) is 5.69 Å². The second kappa shape index (κ2) is 14.4. The highest BCUT2D eigenvalue weighted by atomic mass is 32.1. The summed E-state index contributed by atoms with van der Waals surface area (Å²) in [7, 11) is 5.73. The van der Waals surface area contributed by atoms with Crippen molar-refractivity contribution in [1.82, 2.24) is 19.6 Å². The van der Waals surface area contributed by atoms with Gasteiger partial charge in [0.25, 0.3) is 47.3 Å². The standard InChI is InChI=1S/C62H28N6O8S2/c1-64-38-21-37-49-31(58(72)68(5)62(37)76)12-8-26-45-33(20-36-48-30(57(71)67(4)61(36)75)13-9-27(53(45)48)50(38)54(26)49)40-15-17-42(78-40)41-16-14-39(77-41)32-19-35-47-29(56(70)66(3)60(35)74)10-6-24-43-23(22-63)18-34-46-28(55(69)65(2)59(34)73)11-7-25(51(43)46)44(32)52(24)47/h6-21H,2-5H3. The fourth-order valence-electron chi connectivity index (χ4n) is 13.2. The normalized spacial score (nSPS) is 15.3. The van der Waals surface area contributed by atoms with Crippen molar-refractivity contribution < 1.29 is 38.4 Å². The van der Waals surface area contributed by atoms with Gasteiger partial charge in [0.2, 0.25) is 0 Å². The van der Waals surface area contributed by atoms with E-state index < -0.39 is 47.3 Å². The fraction of sp³-hybridized carbons (Fsp3) is 0.0645. The molecule has 14 nitrogen and oxygen atoms in total. The molecule has 4 aliphatic heterocycles. The van der Waals surface area contributed by atoms with Crippen LogP contribution in [0.15, 0.2) is 97.1 Å². The summed E-state index contributed by atoms with van der Waals surface area (Å²) >= 11 is 2.94. The predicted molar refractivity (Wildman–Crippen MR) is 298 cm³/mol. The molecule has 10 aromatic carbocycles. The van der Waals surface area contributed by atoms with Gasteiger partial charge in [0.05, 0.1) is 18.2 Å². The van der Waals surface area contributed by atoms with Crippen LogP contribution in [0.5, 0.6) is 0 Å². The number of nitrogens with zero attached hydrogens (tertiary/aromatic N) is 6. The maximum Gasteiger partial charge on any atom is 0.261 e. The van der Waals surface area contributed by atoms with Crippen molar-refractivity contribution in [3.63, 3.8) is 0 Å². The molecule has 8 amide bonds. The van der Waals surface area contributed by atoms with Gasteiger partial charge in [-0.15, -0.1) is 22.7 Å². The number of rotatable bonds is 3. The van der Waals surface area contributed by atoms with Crippen molar-refractivity contribution in [1.29, 1.82) is 5.26 Å². The molecule has 16 heteroatoms. The molecule has 0 N–H and O–H groups in total. The van der Waals surface area contributed by atoms with Crippen molar-refractivity contribution >= 4 is 162 Å². The molecule has 0 aliphatic carbocycles. The number of fused-ring (bicyclic) bond motifs is 4. The number of nitriles is 1. The maximum atomic E-state index is 14.3. The number of benzene rings is 10. The van der Waals surface area contributed by atoms with E-state index in [1.165, 1.54) is 63.0 Å². The monoisotopic (exact) mass is 1050 g/mol. The van der Waals surface area contributed by atoms with E-state index in [-0.39, 0.29) is 22.4 Å². The Balaban J connectivity index is 0.956. The Morgan fingerprint density at radius 3 is 1.04 bits per heavy atom. The zero-order chi connectivity index (χ0) is 53.5. The van der Waals surface area contributed by atoms with Crippen molar-refractivity contribution in [3.8, 4) is 36.7 Å². The van der Waals surface area contributed by atoms with Crippen molar-refractivity contribution in [3.05, 3.63) is 159 Å². The van der Waals surface area contributed by atoms with Crippen LogP contribution >= 0.6 is 22.7 Å². The number of thiophene rings is 2. The van der Waals surface area contributed by atoms with Gasteiger partial charge < -0.3 is 0 Å². The molecular weight excluding hydrogens is 1020 g/mol. The molecule has 0 radical (unpaired) electrons. The average Bonchev–Trinajstić information content (AvgIpc) is 1.84. The summed E-state index contributed by atoms with van der Waals surface area (Å²) in [5, 5.41) is 19.7. The molecule has 2 aromatic heterocycles. The Hall–Kier alpha value is -10.3. The lowest BCUT2D eigenvalue weighted by molar-refractivity contribution is 0.0635. The van der Waals surface area contributed by atoms with Gasteiger partial charge in [-0.25, -0.2) is 4.85 Å². The third kappa shape index (κ3) is 4.96. The van der Waals surface area contributed by atoms with E-state index in [0.29, 0.717) is 131 Å². The van der Waals surface area contributed by atoms with Crippen LogP contribution in [0.2, 0.25) is 0 Å². The topological polar surface area (TPSA) is 178 Å². The molecule has 0 atom stereocenters. The third-order valence-corrected chi connectivity index (χ3v) is 19.1. The molecular formula is C62H28N6O8S2. The van der Waals surface area contributed by atoms with Crippen molar-refractivity contribution in [2.24, 2.45) is 0 Å². The highest BCUT2D eigenvalue weighted by Gasteiger charge is 2.40. The van der Waals surface area contributed by atoms with E-state index in [4.69, 9.17) is 6.57 Å². The average molecular weight is 1050 g/mol. The molecule has 4 aliphatic rings. The first-order valence-corrected chi connectivity index (χ1v) is 26.1. The van der Waals surface area contributed by atoms with Crippen LogP contribution in [0.1, 0.15) is 88.4 Å². The minimum atomic E-state index is -0.534. The maximum absolute atomic E-state index is 14.3. The van der Waals surface area contributed by atoms with Crippen LogP contribution in [0.25, 0.3) is 122 Å². The fourth-order valence-corrected chi connectivity index (χ4v) is 15.3. The number of hydrogen-bond acceptors (Lipinski definition) is 11. The summed E-state index contributed by atoms with van der Waals surface area (Å²) in [5.41, 5.74) is 4.08. The summed E-state index contributed by atoms with van der Waals surface area (Å²) in [5.74, 6) is -3.93. The highest BCUT2D eigenvalue weighted by Crippen LogP contribution is 2.55. The van der Waals surface area contributed by atoms with Crippen LogP contribution in [0, 0.1) is 17.9 Å². The van der Waals surface area contributed by atoms with Gasteiger partial charge >= 0.3 is 0 Å². The van der Waals surface area contributed by atoms with Gasteiger partial charge in [-0.05, 0) is 127 Å². The minimum Gasteiger partial charge on any atom is -0.278 e. The highest BCUT2D eigenvalue weighted by molar-refractivity contribution is 7.25. The quantitative estimate of drug-likeness (QED) is 0.0721. The third-order valence-electron chi connectivity index (χ3n) is 16.7. The summed E-state index contributed by atoms with van der Waals surface area (Å²) in [6.07, 6.45) is 0. The van der Waals surface area contributed by atoms with E-state index in [1.54, 1.807) is 36.4 Å². The van der Waals surface area contributed by atoms with E-state index in [9.17, 15) is 43.6 Å². The molecule has 12 aromatic rings. The van der Waals surface area contributed by atoms with E-state index in [1.807, 2.05) is 48.5 Å². The molecule has 0 fully saturated rings. The van der Waals surface area contributed by atoms with E-state index in [2.05, 4.69) is 10.9 Å². The van der Waals surface area contributed by atoms with E-state index >= 15 is 0 Å². The number of hydrogen-bond donors (Lipinski definition) is 0. The zero-order valence-electron chi connectivity index (χ0n) is 41.0. The Bertz CT molecular complexity index is 4940. The van der Waals surface area contributed by atoms with Crippen LogP contribution in [0.3, 0.4) is 0 Å². The summed E-state index contributed by atoms with van der Waals surface area (Å²) in [4.78, 5) is 123. The van der Waals surface area contributed by atoms with Gasteiger partial charge in [-0.3, -0.25) is 58.0 Å². The Morgan fingerprint density at radius 2 is 0.654 bits per heavy atom. The smallest absolute Gasteiger partial charge is 0.261 e. The number of amides is 8. The number of carbonyl (C=O) groups is 8. The Labute approximate surface area is 446 Å². The predicted octanol–water partition coefficient (Wildman–Crippen LogP) is 12.2. The lowest BCUT2D eigenvalue weighted by Gasteiger charge is -2.29. The number of imide groups is 4. The largest absolute Gasteiger partial charge is 0.278 e. The lowest BCUT2D eigenvalue weighted by Crippen LogP contribution is -2.37. The summed E-state index contributed by atoms with van der Waals surface area (Å²) < 4.78 is 0. The second-order valence-electron chi connectivity index (χ2n) is 20.2. The van der Waals surface area contributed by atoms with Gasteiger partial charge in [-0.1, -0.05) is 24.3 Å². The lowest BCUT2D eigenvalue weighted by atomic mass is 9.79. The molecule has 0 saturated carbocycles. The van der Waals surface area contributed by atoms with E-state index in [0.717, 1.165) is 39.1 Å². The van der Waals surface area contributed by atoms with Crippen molar-refractivity contribution in [2.45, 2.75) is 0 Å². The molecule has 0 spiro atoms. The molecule has 78 heavy (non-hydrogen) atoms. The zero-order valence-corrected chi connectivity index (χ0v) is 42.6. The molecule has 0 saturated heterocycles. The molecule has 6 heterocycles. The molecule has 0 bridgehead atoms. The Morgan fingerprint density at radius 1 is 0.346 bits per heavy atom. The second-order valence-corrected chi connectivity index (χ2v) is 22.4. The summed E-state index contributed by atoms with van der Waals surface area (Å²) in [6.45, 7) is 8.37. The first-order chi connectivity index (χ1) is 37.6. The van der Waals surface area contributed by atoms with Crippen molar-refractivity contribution in [2.75, 3.05) is 28.2 Å². The van der Waals surface area contributed by atoms with Gasteiger partial charge in [-0.2, -0.15) is 5.26 Å². The van der Waals surface area contributed by atoms with Crippen LogP contribution in [-0.2, 0) is 0 Å². The van der Waals surface area contributed by atoms with Crippen LogP contribution in [0.4, 0.5) is 5.69 Å². The minimum absolute atomic E-state index is 0.193. The molecule has 366 valence electrons. The first kappa shape index (κ1) is 44.1.